The molecule has 1 aromatic heterocycles. The first-order valence-corrected chi connectivity index (χ1v) is 9.09. The Balaban J connectivity index is 1.75. The standard InChI is InChI=1S/C17H18N2O3S/c20-17(10-13-4-3-9-18-12-13)19-23(21,22)16-8-7-14-5-1-2-6-15(14)11-16/h3-4,7-9,11-12H,1-2,5-6,10H2,(H,19,20). The Morgan fingerprint density at radius 3 is 2.65 bits per heavy atom. The van der Waals surface area contributed by atoms with Crippen LogP contribution in [-0.2, 0) is 34.1 Å². The van der Waals surface area contributed by atoms with Gasteiger partial charge in [-0.2, -0.15) is 0 Å². The van der Waals surface area contributed by atoms with Crippen LogP contribution >= 0.6 is 0 Å². The van der Waals surface area contributed by atoms with Crippen LogP contribution in [0.1, 0.15) is 29.5 Å². The molecule has 23 heavy (non-hydrogen) atoms. The number of hydrogen-bond donors (Lipinski definition) is 1. The number of carbonyl (C=O) groups excluding carboxylic acids is 1. The molecular formula is C17H18N2O3S. The van der Waals surface area contributed by atoms with Crippen molar-refractivity contribution in [2.24, 2.45) is 0 Å². The van der Waals surface area contributed by atoms with Gasteiger partial charge >= 0.3 is 0 Å². The van der Waals surface area contributed by atoms with Crippen LogP contribution in [0.25, 0.3) is 0 Å². The second-order valence-electron chi connectivity index (χ2n) is 5.70. The van der Waals surface area contributed by atoms with Gasteiger partial charge < -0.3 is 0 Å². The zero-order chi connectivity index (χ0) is 16.3. The molecule has 0 saturated carbocycles. The zero-order valence-corrected chi connectivity index (χ0v) is 13.5. The number of nitrogens with one attached hydrogen (secondary N) is 1. The maximum absolute atomic E-state index is 12.4. The fourth-order valence-electron chi connectivity index (χ4n) is 2.81. The van der Waals surface area contributed by atoms with Crippen LogP contribution in [0.15, 0.2) is 47.6 Å². The van der Waals surface area contributed by atoms with Crippen LogP contribution in [0.5, 0.6) is 0 Å². The minimum absolute atomic E-state index is 0.0159. The summed E-state index contributed by atoms with van der Waals surface area (Å²) < 4.78 is 26.9. The topological polar surface area (TPSA) is 76.1 Å². The first-order valence-electron chi connectivity index (χ1n) is 7.61. The van der Waals surface area contributed by atoms with Crippen molar-refractivity contribution in [3.05, 3.63) is 59.4 Å². The summed E-state index contributed by atoms with van der Waals surface area (Å²) in [4.78, 5) is 16.0. The Hall–Kier alpha value is -2.21. The highest BCUT2D eigenvalue weighted by Crippen LogP contribution is 2.24. The molecule has 1 amide bonds. The first-order chi connectivity index (χ1) is 11.0. The Morgan fingerprint density at radius 2 is 1.91 bits per heavy atom. The van der Waals surface area contributed by atoms with E-state index in [1.165, 1.54) is 5.56 Å². The molecule has 0 aliphatic heterocycles. The zero-order valence-electron chi connectivity index (χ0n) is 12.7. The van der Waals surface area contributed by atoms with E-state index in [0.29, 0.717) is 5.56 Å². The van der Waals surface area contributed by atoms with E-state index in [9.17, 15) is 13.2 Å². The van der Waals surface area contributed by atoms with Crippen LogP contribution in [-0.4, -0.2) is 19.3 Å². The van der Waals surface area contributed by atoms with Gasteiger partial charge in [-0.15, -0.1) is 0 Å². The first kappa shape index (κ1) is 15.7. The van der Waals surface area contributed by atoms with Crippen LogP contribution in [0.4, 0.5) is 0 Å². The predicted octanol–water partition coefficient (Wildman–Crippen LogP) is 2.01. The lowest BCUT2D eigenvalue weighted by Crippen LogP contribution is -2.32. The molecule has 0 bridgehead atoms. The number of aromatic nitrogens is 1. The van der Waals surface area contributed by atoms with E-state index >= 15 is 0 Å². The molecule has 0 saturated heterocycles. The summed E-state index contributed by atoms with van der Waals surface area (Å²) in [6.45, 7) is 0. The van der Waals surface area contributed by atoms with Gasteiger partial charge in [0.05, 0.1) is 11.3 Å². The molecule has 0 fully saturated rings. The van der Waals surface area contributed by atoms with Gasteiger partial charge in [-0.1, -0.05) is 12.1 Å². The molecule has 6 heteroatoms. The van der Waals surface area contributed by atoms with E-state index in [0.717, 1.165) is 31.2 Å². The van der Waals surface area contributed by atoms with Crippen molar-refractivity contribution in [1.82, 2.24) is 9.71 Å². The van der Waals surface area contributed by atoms with E-state index in [4.69, 9.17) is 0 Å². The van der Waals surface area contributed by atoms with Gasteiger partial charge in [0.2, 0.25) is 5.91 Å². The van der Waals surface area contributed by atoms with Gasteiger partial charge in [-0.05, 0) is 60.6 Å². The predicted molar refractivity (Wildman–Crippen MR) is 86.4 cm³/mol. The van der Waals surface area contributed by atoms with Gasteiger partial charge in [0.15, 0.2) is 0 Å². The van der Waals surface area contributed by atoms with Crippen LogP contribution in [0.2, 0.25) is 0 Å². The number of nitrogens with zero attached hydrogens (tertiary/aromatic N) is 1. The molecule has 1 aromatic carbocycles. The molecule has 1 heterocycles. The molecule has 120 valence electrons. The van der Waals surface area contributed by atoms with Crippen molar-refractivity contribution in [2.75, 3.05) is 0 Å². The number of carbonyl (C=O) groups is 1. The molecule has 2 aromatic rings. The van der Waals surface area contributed by atoms with Crippen molar-refractivity contribution in [3.63, 3.8) is 0 Å². The Labute approximate surface area is 135 Å². The number of amides is 1. The minimum atomic E-state index is -3.83. The third kappa shape index (κ3) is 3.76. The van der Waals surface area contributed by atoms with E-state index in [1.807, 2.05) is 6.07 Å². The van der Waals surface area contributed by atoms with Crippen molar-refractivity contribution < 1.29 is 13.2 Å². The summed E-state index contributed by atoms with van der Waals surface area (Å²) in [5.74, 6) is -0.560. The molecule has 1 aliphatic carbocycles. The molecule has 0 unspecified atom stereocenters. The lowest BCUT2D eigenvalue weighted by Gasteiger charge is -2.16. The van der Waals surface area contributed by atoms with Gasteiger partial charge in [0.25, 0.3) is 10.0 Å². The lowest BCUT2D eigenvalue weighted by molar-refractivity contribution is -0.118. The SMILES string of the molecule is O=C(Cc1cccnc1)NS(=O)(=O)c1ccc2c(c1)CCCC2. The maximum atomic E-state index is 12.4. The van der Waals surface area contributed by atoms with E-state index in [-0.39, 0.29) is 11.3 Å². The third-order valence-corrected chi connectivity index (χ3v) is 5.34. The average molecular weight is 330 g/mol. The second kappa shape index (κ2) is 6.50. The number of rotatable bonds is 4. The molecule has 1 N–H and O–H groups in total. The van der Waals surface area contributed by atoms with Gasteiger partial charge in [0, 0.05) is 12.4 Å². The lowest BCUT2D eigenvalue weighted by atomic mass is 9.92. The van der Waals surface area contributed by atoms with Crippen LogP contribution < -0.4 is 4.72 Å². The Bertz CT molecular complexity index is 817. The average Bonchev–Trinajstić information content (AvgIpc) is 2.54. The van der Waals surface area contributed by atoms with Gasteiger partial charge in [-0.3, -0.25) is 9.78 Å². The summed E-state index contributed by atoms with van der Waals surface area (Å²) in [5.41, 5.74) is 2.95. The van der Waals surface area contributed by atoms with Crippen molar-refractivity contribution in [1.29, 1.82) is 0 Å². The number of pyridine rings is 1. The number of sulfonamides is 1. The third-order valence-electron chi connectivity index (χ3n) is 3.97. The van der Waals surface area contributed by atoms with Gasteiger partial charge in [-0.25, -0.2) is 13.1 Å². The number of fused-ring (bicyclic) bond motifs is 1. The fourth-order valence-corrected chi connectivity index (χ4v) is 3.84. The number of hydrogen-bond acceptors (Lipinski definition) is 4. The molecule has 0 radical (unpaired) electrons. The molecule has 3 rings (SSSR count). The summed E-state index contributed by atoms with van der Waals surface area (Å²) in [6.07, 6.45) is 7.23. The summed E-state index contributed by atoms with van der Waals surface area (Å²) in [6, 6.07) is 8.56. The summed E-state index contributed by atoms with van der Waals surface area (Å²) in [5, 5.41) is 0. The smallest absolute Gasteiger partial charge is 0.264 e. The van der Waals surface area contributed by atoms with E-state index < -0.39 is 15.9 Å². The quantitative estimate of drug-likeness (QED) is 0.930. The number of benzene rings is 1. The molecular weight excluding hydrogens is 312 g/mol. The normalized spacial score (nSPS) is 14.1. The molecule has 5 nitrogen and oxygen atoms in total. The van der Waals surface area contributed by atoms with Crippen LogP contribution in [0, 0.1) is 0 Å². The minimum Gasteiger partial charge on any atom is -0.274 e. The molecule has 0 atom stereocenters. The largest absolute Gasteiger partial charge is 0.274 e. The van der Waals surface area contributed by atoms with E-state index in [2.05, 4.69) is 9.71 Å². The molecule has 1 aliphatic rings. The Kier molecular flexibility index (Phi) is 4.43. The fraction of sp³-hybridized carbons (Fsp3) is 0.294. The highest BCUT2D eigenvalue weighted by Gasteiger charge is 2.20. The van der Waals surface area contributed by atoms with Crippen molar-refractivity contribution in [2.45, 2.75) is 37.0 Å². The van der Waals surface area contributed by atoms with Crippen molar-refractivity contribution in [3.8, 4) is 0 Å². The summed E-state index contributed by atoms with van der Waals surface area (Å²) >= 11 is 0. The van der Waals surface area contributed by atoms with Crippen LogP contribution in [0.3, 0.4) is 0 Å². The maximum Gasteiger partial charge on any atom is 0.264 e. The highest BCUT2D eigenvalue weighted by atomic mass is 32.2. The van der Waals surface area contributed by atoms with E-state index in [1.54, 1.807) is 36.7 Å². The summed E-state index contributed by atoms with van der Waals surface area (Å²) in [7, 11) is -3.83. The number of aryl methyl sites for hydroxylation is 2. The molecule has 0 spiro atoms. The van der Waals surface area contributed by atoms with Crippen molar-refractivity contribution >= 4 is 15.9 Å². The Morgan fingerprint density at radius 1 is 1.13 bits per heavy atom. The monoisotopic (exact) mass is 330 g/mol. The second-order valence-corrected chi connectivity index (χ2v) is 7.39. The highest BCUT2D eigenvalue weighted by molar-refractivity contribution is 7.90. The van der Waals surface area contributed by atoms with Gasteiger partial charge in [0.1, 0.15) is 0 Å².